The third kappa shape index (κ3) is 4.34. The molecule has 100 valence electrons. The van der Waals surface area contributed by atoms with Crippen LogP contribution in [-0.4, -0.2) is 43.3 Å². The summed E-state index contributed by atoms with van der Waals surface area (Å²) in [5.41, 5.74) is 0. The molecular formula is C11H15NO5S. The van der Waals surface area contributed by atoms with E-state index in [1.54, 1.807) is 19.4 Å². The van der Waals surface area contributed by atoms with Crippen LogP contribution in [0.5, 0.6) is 5.75 Å². The third-order valence-corrected chi connectivity index (χ3v) is 2.89. The topological polar surface area (TPSA) is 84.9 Å². The van der Waals surface area contributed by atoms with E-state index in [9.17, 15) is 9.59 Å². The van der Waals surface area contributed by atoms with Crippen LogP contribution in [0.25, 0.3) is 0 Å². The van der Waals surface area contributed by atoms with Crippen LogP contribution in [0.1, 0.15) is 16.6 Å². The van der Waals surface area contributed by atoms with Gasteiger partial charge in [-0.1, -0.05) is 0 Å². The molecule has 7 heteroatoms. The summed E-state index contributed by atoms with van der Waals surface area (Å²) in [6.07, 6.45) is 0. The molecule has 1 unspecified atom stereocenters. The number of nitrogens with one attached hydrogen (secondary N) is 1. The SMILES string of the molecule is COCC(C)NC(=O)COc1ccsc1C(=O)O. The fraction of sp³-hybridized carbons (Fsp3) is 0.455. The Bertz CT molecular complexity index is 417. The number of carboxylic acids is 1. The van der Waals surface area contributed by atoms with Crippen LogP contribution in [0.2, 0.25) is 0 Å². The molecule has 0 aromatic carbocycles. The van der Waals surface area contributed by atoms with Gasteiger partial charge in [0, 0.05) is 13.2 Å². The lowest BCUT2D eigenvalue weighted by Crippen LogP contribution is -2.38. The monoisotopic (exact) mass is 273 g/mol. The maximum Gasteiger partial charge on any atom is 0.349 e. The molecule has 2 N–H and O–H groups in total. The number of carboxylic acid groups (broad SMARTS) is 1. The Balaban J connectivity index is 2.43. The molecule has 0 aliphatic carbocycles. The first-order valence-electron chi connectivity index (χ1n) is 5.26. The fourth-order valence-corrected chi connectivity index (χ4v) is 1.99. The summed E-state index contributed by atoms with van der Waals surface area (Å²) in [6.45, 7) is 1.99. The number of ether oxygens (including phenoxy) is 2. The Hall–Kier alpha value is -1.60. The van der Waals surface area contributed by atoms with E-state index in [2.05, 4.69) is 5.32 Å². The van der Waals surface area contributed by atoms with Gasteiger partial charge in [0.2, 0.25) is 0 Å². The minimum atomic E-state index is -1.06. The summed E-state index contributed by atoms with van der Waals surface area (Å²) in [7, 11) is 1.55. The number of hydrogen-bond acceptors (Lipinski definition) is 5. The molecule has 1 aromatic heterocycles. The highest BCUT2D eigenvalue weighted by atomic mass is 32.1. The molecular weight excluding hydrogens is 258 g/mol. The Morgan fingerprint density at radius 2 is 2.28 bits per heavy atom. The summed E-state index contributed by atoms with van der Waals surface area (Å²) in [6, 6.07) is 1.41. The van der Waals surface area contributed by atoms with Crippen molar-refractivity contribution in [2.75, 3.05) is 20.3 Å². The van der Waals surface area contributed by atoms with E-state index < -0.39 is 5.97 Å². The van der Waals surface area contributed by atoms with Gasteiger partial charge in [0.05, 0.1) is 6.61 Å². The van der Waals surface area contributed by atoms with Crippen molar-refractivity contribution in [2.24, 2.45) is 0 Å². The molecule has 1 rings (SSSR count). The van der Waals surface area contributed by atoms with Gasteiger partial charge in [-0.2, -0.15) is 0 Å². The summed E-state index contributed by atoms with van der Waals surface area (Å²) in [5.74, 6) is -1.17. The second-order valence-electron chi connectivity index (χ2n) is 3.63. The predicted molar refractivity (Wildman–Crippen MR) is 66.3 cm³/mol. The maximum absolute atomic E-state index is 11.5. The molecule has 0 bridgehead atoms. The smallest absolute Gasteiger partial charge is 0.349 e. The van der Waals surface area contributed by atoms with Crippen LogP contribution in [0.3, 0.4) is 0 Å². The second-order valence-corrected chi connectivity index (χ2v) is 4.55. The molecule has 6 nitrogen and oxygen atoms in total. The van der Waals surface area contributed by atoms with Gasteiger partial charge in [0.25, 0.3) is 5.91 Å². The number of rotatable bonds is 7. The normalized spacial score (nSPS) is 11.9. The zero-order valence-electron chi connectivity index (χ0n) is 10.1. The van der Waals surface area contributed by atoms with E-state index >= 15 is 0 Å². The minimum absolute atomic E-state index is 0.0905. The van der Waals surface area contributed by atoms with E-state index in [1.165, 1.54) is 6.07 Å². The van der Waals surface area contributed by atoms with Crippen molar-refractivity contribution in [1.82, 2.24) is 5.32 Å². The van der Waals surface area contributed by atoms with Gasteiger partial charge in [-0.3, -0.25) is 4.79 Å². The molecule has 18 heavy (non-hydrogen) atoms. The van der Waals surface area contributed by atoms with E-state index in [0.717, 1.165) is 11.3 Å². The summed E-state index contributed by atoms with van der Waals surface area (Å²) >= 11 is 1.06. The van der Waals surface area contributed by atoms with Crippen molar-refractivity contribution in [2.45, 2.75) is 13.0 Å². The average Bonchev–Trinajstić information content (AvgIpc) is 2.74. The van der Waals surface area contributed by atoms with Crippen LogP contribution < -0.4 is 10.1 Å². The summed E-state index contributed by atoms with van der Waals surface area (Å²) in [5, 5.41) is 13.1. The first-order valence-corrected chi connectivity index (χ1v) is 6.14. The van der Waals surface area contributed by atoms with Crippen molar-refractivity contribution >= 4 is 23.2 Å². The standard InChI is InChI=1S/C11H15NO5S/c1-7(5-16-2)12-9(13)6-17-8-3-4-18-10(8)11(14)15/h3-4,7H,5-6H2,1-2H3,(H,12,13)(H,14,15). The lowest BCUT2D eigenvalue weighted by molar-refractivity contribution is -0.124. The van der Waals surface area contributed by atoms with Crippen LogP contribution >= 0.6 is 11.3 Å². The zero-order valence-corrected chi connectivity index (χ0v) is 11.0. The Morgan fingerprint density at radius 3 is 2.89 bits per heavy atom. The highest BCUT2D eigenvalue weighted by Gasteiger charge is 2.14. The van der Waals surface area contributed by atoms with Gasteiger partial charge >= 0.3 is 5.97 Å². The lowest BCUT2D eigenvalue weighted by Gasteiger charge is -2.12. The molecule has 0 spiro atoms. The van der Waals surface area contributed by atoms with Gasteiger partial charge in [-0.25, -0.2) is 4.79 Å². The average molecular weight is 273 g/mol. The van der Waals surface area contributed by atoms with Gasteiger partial charge in [0.15, 0.2) is 11.5 Å². The number of amides is 1. The number of hydrogen-bond donors (Lipinski definition) is 2. The molecule has 0 fully saturated rings. The summed E-state index contributed by atoms with van der Waals surface area (Å²) < 4.78 is 10.0. The molecule has 0 radical (unpaired) electrons. The van der Waals surface area contributed by atoms with E-state index in [1.807, 2.05) is 0 Å². The van der Waals surface area contributed by atoms with Crippen molar-refractivity contribution < 1.29 is 24.2 Å². The van der Waals surface area contributed by atoms with Gasteiger partial charge < -0.3 is 19.9 Å². The second kappa shape index (κ2) is 6.97. The first kappa shape index (κ1) is 14.5. The van der Waals surface area contributed by atoms with Crippen molar-refractivity contribution in [3.8, 4) is 5.75 Å². The van der Waals surface area contributed by atoms with E-state index in [-0.39, 0.29) is 29.2 Å². The Labute approximate surface area is 109 Å². The molecule has 0 saturated carbocycles. The Morgan fingerprint density at radius 1 is 1.56 bits per heavy atom. The molecule has 1 atom stereocenters. The summed E-state index contributed by atoms with van der Waals surface area (Å²) in [4.78, 5) is 22.4. The molecule has 0 saturated heterocycles. The largest absolute Gasteiger partial charge is 0.482 e. The van der Waals surface area contributed by atoms with Gasteiger partial charge in [-0.05, 0) is 18.4 Å². The van der Waals surface area contributed by atoms with Crippen molar-refractivity contribution in [1.29, 1.82) is 0 Å². The first-order chi connectivity index (χ1) is 8.54. The highest BCUT2D eigenvalue weighted by molar-refractivity contribution is 7.12. The third-order valence-electron chi connectivity index (χ3n) is 2.01. The number of carbonyl (C=O) groups is 2. The van der Waals surface area contributed by atoms with Crippen LogP contribution in [0.4, 0.5) is 0 Å². The van der Waals surface area contributed by atoms with Crippen LogP contribution in [0, 0.1) is 0 Å². The zero-order chi connectivity index (χ0) is 13.5. The maximum atomic E-state index is 11.5. The number of carbonyl (C=O) groups excluding carboxylic acids is 1. The van der Waals surface area contributed by atoms with E-state index in [4.69, 9.17) is 14.6 Å². The van der Waals surface area contributed by atoms with Gasteiger partial charge in [0.1, 0.15) is 5.75 Å². The van der Waals surface area contributed by atoms with Gasteiger partial charge in [-0.15, -0.1) is 11.3 Å². The number of thiophene rings is 1. The lowest BCUT2D eigenvalue weighted by atomic mass is 10.3. The molecule has 1 amide bonds. The Kier molecular flexibility index (Phi) is 5.60. The molecule has 0 aliphatic rings. The molecule has 1 heterocycles. The molecule has 0 aliphatic heterocycles. The minimum Gasteiger partial charge on any atom is -0.482 e. The van der Waals surface area contributed by atoms with Crippen molar-refractivity contribution in [3.05, 3.63) is 16.3 Å². The molecule has 1 aromatic rings. The number of methoxy groups -OCH3 is 1. The quantitative estimate of drug-likeness (QED) is 0.773. The fourth-order valence-electron chi connectivity index (χ4n) is 1.32. The number of aromatic carboxylic acids is 1. The highest BCUT2D eigenvalue weighted by Crippen LogP contribution is 2.24. The van der Waals surface area contributed by atoms with Crippen LogP contribution in [0.15, 0.2) is 11.4 Å². The van der Waals surface area contributed by atoms with Crippen molar-refractivity contribution in [3.63, 3.8) is 0 Å². The van der Waals surface area contributed by atoms with Crippen LogP contribution in [-0.2, 0) is 9.53 Å². The van der Waals surface area contributed by atoms with E-state index in [0.29, 0.717) is 6.61 Å². The predicted octanol–water partition coefficient (Wildman–Crippen LogP) is 0.976.